The predicted molar refractivity (Wildman–Crippen MR) is 56.2 cm³/mol. The molecule has 0 unspecified atom stereocenters. The van der Waals surface area contributed by atoms with Crippen LogP contribution in [0, 0.1) is 6.92 Å². The van der Waals surface area contributed by atoms with Crippen LogP contribution < -0.4 is 0 Å². The van der Waals surface area contributed by atoms with E-state index in [1.807, 2.05) is 25.1 Å². The number of alkyl halides is 1. The van der Waals surface area contributed by atoms with Crippen molar-refractivity contribution in [1.29, 1.82) is 0 Å². The van der Waals surface area contributed by atoms with Crippen LogP contribution in [0.3, 0.4) is 0 Å². The largest absolute Gasteiger partial charge is 0.334 e. The van der Waals surface area contributed by atoms with Gasteiger partial charge in [0.15, 0.2) is 0 Å². The SMILES string of the molecule is Cc1cccc(-c2cn(CCF)cn2)n1. The quantitative estimate of drug-likeness (QED) is 0.769. The van der Waals surface area contributed by atoms with Gasteiger partial charge in [0.1, 0.15) is 12.4 Å². The van der Waals surface area contributed by atoms with Crippen LogP contribution in [0.15, 0.2) is 30.7 Å². The molecule has 15 heavy (non-hydrogen) atoms. The van der Waals surface area contributed by atoms with E-state index in [2.05, 4.69) is 9.97 Å². The molecule has 78 valence electrons. The van der Waals surface area contributed by atoms with Gasteiger partial charge in [-0.25, -0.2) is 9.37 Å². The molecule has 0 aliphatic rings. The maximum absolute atomic E-state index is 12.1. The van der Waals surface area contributed by atoms with Crippen molar-refractivity contribution in [3.8, 4) is 11.4 Å². The Morgan fingerprint density at radius 3 is 2.93 bits per heavy atom. The number of hydrogen-bond acceptors (Lipinski definition) is 2. The normalized spacial score (nSPS) is 10.5. The predicted octanol–water partition coefficient (Wildman–Crippen LogP) is 2.22. The molecule has 0 atom stereocenters. The number of imidazole rings is 1. The Bertz CT molecular complexity index is 451. The highest BCUT2D eigenvalue weighted by molar-refractivity contribution is 5.52. The van der Waals surface area contributed by atoms with Crippen molar-refractivity contribution >= 4 is 0 Å². The maximum Gasteiger partial charge on any atom is 0.107 e. The Labute approximate surface area is 87.6 Å². The van der Waals surface area contributed by atoms with E-state index in [1.165, 1.54) is 0 Å². The molecule has 0 spiro atoms. The zero-order chi connectivity index (χ0) is 10.7. The van der Waals surface area contributed by atoms with Crippen molar-refractivity contribution in [3.63, 3.8) is 0 Å². The van der Waals surface area contributed by atoms with Crippen LogP contribution >= 0.6 is 0 Å². The summed E-state index contributed by atoms with van der Waals surface area (Å²) in [6.45, 7) is 1.90. The van der Waals surface area contributed by atoms with E-state index in [1.54, 1.807) is 17.1 Å². The molecular formula is C11H12FN3. The third-order valence-electron chi connectivity index (χ3n) is 2.13. The number of aromatic nitrogens is 3. The fourth-order valence-corrected chi connectivity index (χ4v) is 1.40. The fraction of sp³-hybridized carbons (Fsp3) is 0.273. The van der Waals surface area contributed by atoms with E-state index < -0.39 is 0 Å². The van der Waals surface area contributed by atoms with Crippen LogP contribution in [-0.2, 0) is 6.54 Å². The lowest BCUT2D eigenvalue weighted by atomic mass is 10.2. The molecule has 0 aliphatic carbocycles. The van der Waals surface area contributed by atoms with E-state index in [9.17, 15) is 4.39 Å². The lowest BCUT2D eigenvalue weighted by Gasteiger charge is -1.97. The van der Waals surface area contributed by atoms with Crippen molar-refractivity contribution in [1.82, 2.24) is 14.5 Å². The third-order valence-corrected chi connectivity index (χ3v) is 2.13. The molecule has 2 aromatic heterocycles. The van der Waals surface area contributed by atoms with Gasteiger partial charge < -0.3 is 4.57 Å². The second-order valence-corrected chi connectivity index (χ2v) is 3.35. The Balaban J connectivity index is 2.29. The van der Waals surface area contributed by atoms with E-state index >= 15 is 0 Å². The summed E-state index contributed by atoms with van der Waals surface area (Å²) < 4.78 is 13.8. The molecular weight excluding hydrogens is 193 g/mol. The summed E-state index contributed by atoms with van der Waals surface area (Å²) in [6, 6.07) is 5.77. The molecule has 0 N–H and O–H groups in total. The summed E-state index contributed by atoms with van der Waals surface area (Å²) in [5.41, 5.74) is 2.56. The number of aryl methyl sites for hydroxylation is 2. The first kappa shape index (κ1) is 9.83. The zero-order valence-electron chi connectivity index (χ0n) is 8.52. The first-order valence-electron chi connectivity index (χ1n) is 4.81. The van der Waals surface area contributed by atoms with E-state index in [0.717, 1.165) is 17.1 Å². The van der Waals surface area contributed by atoms with Crippen LogP contribution in [-0.4, -0.2) is 21.2 Å². The Hall–Kier alpha value is -1.71. The molecule has 0 aromatic carbocycles. The first-order valence-corrected chi connectivity index (χ1v) is 4.81. The average Bonchev–Trinajstić information content (AvgIpc) is 2.67. The van der Waals surface area contributed by atoms with Crippen LogP contribution in [0.1, 0.15) is 5.69 Å². The number of pyridine rings is 1. The highest BCUT2D eigenvalue weighted by atomic mass is 19.1. The molecule has 2 heterocycles. The molecule has 0 saturated heterocycles. The lowest BCUT2D eigenvalue weighted by Crippen LogP contribution is -1.94. The average molecular weight is 205 g/mol. The molecule has 0 fully saturated rings. The summed E-state index contributed by atoms with van der Waals surface area (Å²) in [5, 5.41) is 0. The van der Waals surface area contributed by atoms with Crippen LogP contribution in [0.4, 0.5) is 4.39 Å². The van der Waals surface area contributed by atoms with Crippen molar-refractivity contribution in [2.45, 2.75) is 13.5 Å². The molecule has 0 radical (unpaired) electrons. The summed E-state index contributed by atoms with van der Waals surface area (Å²) >= 11 is 0. The molecule has 0 bridgehead atoms. The van der Waals surface area contributed by atoms with Crippen molar-refractivity contribution in [2.24, 2.45) is 0 Å². The van der Waals surface area contributed by atoms with Crippen LogP contribution in [0.2, 0.25) is 0 Å². The topological polar surface area (TPSA) is 30.7 Å². The Morgan fingerprint density at radius 2 is 2.20 bits per heavy atom. The van der Waals surface area contributed by atoms with Gasteiger partial charge in [0, 0.05) is 11.9 Å². The molecule has 3 nitrogen and oxygen atoms in total. The van der Waals surface area contributed by atoms with Gasteiger partial charge in [-0.15, -0.1) is 0 Å². The highest BCUT2D eigenvalue weighted by Crippen LogP contribution is 2.14. The molecule has 0 amide bonds. The lowest BCUT2D eigenvalue weighted by molar-refractivity contribution is 0.445. The summed E-state index contributed by atoms with van der Waals surface area (Å²) in [7, 11) is 0. The van der Waals surface area contributed by atoms with Crippen LogP contribution in [0.25, 0.3) is 11.4 Å². The standard InChI is InChI=1S/C11H12FN3/c1-9-3-2-4-10(14-9)11-7-15(6-5-12)8-13-11/h2-4,7-8H,5-6H2,1H3. The second kappa shape index (κ2) is 4.21. The minimum absolute atomic E-state index is 0.346. The van der Waals surface area contributed by atoms with E-state index in [-0.39, 0.29) is 6.67 Å². The maximum atomic E-state index is 12.1. The van der Waals surface area contributed by atoms with E-state index in [4.69, 9.17) is 0 Å². The Morgan fingerprint density at radius 1 is 1.33 bits per heavy atom. The molecule has 2 rings (SSSR count). The molecule has 4 heteroatoms. The highest BCUT2D eigenvalue weighted by Gasteiger charge is 2.03. The minimum atomic E-state index is -0.378. The second-order valence-electron chi connectivity index (χ2n) is 3.35. The minimum Gasteiger partial charge on any atom is -0.334 e. The zero-order valence-corrected chi connectivity index (χ0v) is 8.52. The van der Waals surface area contributed by atoms with Crippen molar-refractivity contribution < 1.29 is 4.39 Å². The summed E-state index contributed by atoms with van der Waals surface area (Å²) in [6.07, 6.45) is 3.43. The van der Waals surface area contributed by atoms with Gasteiger partial charge >= 0.3 is 0 Å². The number of hydrogen-bond donors (Lipinski definition) is 0. The van der Waals surface area contributed by atoms with Gasteiger partial charge in [0.05, 0.1) is 18.6 Å². The van der Waals surface area contributed by atoms with Gasteiger partial charge in [0.25, 0.3) is 0 Å². The number of rotatable bonds is 3. The summed E-state index contributed by atoms with van der Waals surface area (Å²) in [5.74, 6) is 0. The first-order chi connectivity index (χ1) is 7.29. The van der Waals surface area contributed by atoms with Gasteiger partial charge in [-0.05, 0) is 19.1 Å². The number of nitrogens with zero attached hydrogens (tertiary/aromatic N) is 3. The van der Waals surface area contributed by atoms with Gasteiger partial charge in [-0.1, -0.05) is 6.07 Å². The molecule has 2 aromatic rings. The van der Waals surface area contributed by atoms with Crippen LogP contribution in [0.5, 0.6) is 0 Å². The van der Waals surface area contributed by atoms with Gasteiger partial charge in [-0.3, -0.25) is 4.98 Å². The van der Waals surface area contributed by atoms with E-state index in [0.29, 0.717) is 6.54 Å². The third kappa shape index (κ3) is 2.21. The van der Waals surface area contributed by atoms with Crippen molar-refractivity contribution in [3.05, 3.63) is 36.4 Å². The van der Waals surface area contributed by atoms with Gasteiger partial charge in [0.2, 0.25) is 0 Å². The molecule has 0 saturated carbocycles. The molecule has 0 aliphatic heterocycles. The monoisotopic (exact) mass is 205 g/mol. The summed E-state index contributed by atoms with van der Waals surface area (Å²) in [4.78, 5) is 8.53. The number of halogens is 1. The fourth-order valence-electron chi connectivity index (χ4n) is 1.40. The Kier molecular flexibility index (Phi) is 2.76. The van der Waals surface area contributed by atoms with Gasteiger partial charge in [-0.2, -0.15) is 0 Å². The van der Waals surface area contributed by atoms with Crippen molar-refractivity contribution in [2.75, 3.05) is 6.67 Å². The smallest absolute Gasteiger partial charge is 0.107 e.